The Bertz CT molecular complexity index is 797. The van der Waals surface area contributed by atoms with Crippen LogP contribution in [-0.4, -0.2) is 14.6 Å². The topological polar surface area (TPSA) is 56.2 Å². The molecule has 0 atom stereocenters. The number of hydrogen-bond acceptors (Lipinski definition) is 4. The second-order valence-electron chi connectivity index (χ2n) is 4.26. The van der Waals surface area contributed by atoms with E-state index in [1.807, 2.05) is 12.1 Å². The third kappa shape index (κ3) is 2.66. The summed E-state index contributed by atoms with van der Waals surface area (Å²) < 4.78 is 39.5. The second kappa shape index (κ2) is 4.96. The Kier molecular flexibility index (Phi) is 3.25. The van der Waals surface area contributed by atoms with Crippen LogP contribution in [0, 0.1) is 0 Å². The Hall–Kier alpha value is -2.22. The van der Waals surface area contributed by atoms with Gasteiger partial charge in [0.1, 0.15) is 0 Å². The molecule has 0 fully saturated rings. The summed E-state index contributed by atoms with van der Waals surface area (Å²) in [6.07, 6.45) is -2.63. The monoisotopic (exact) mass is 310 g/mol. The average molecular weight is 310 g/mol. The number of fused-ring (bicyclic) bond motifs is 1. The van der Waals surface area contributed by atoms with E-state index in [1.54, 1.807) is 16.7 Å². The maximum atomic E-state index is 12.6. The normalized spacial score (nSPS) is 12.0. The van der Waals surface area contributed by atoms with Gasteiger partial charge in [0.2, 0.25) is 0 Å². The third-order valence-corrected chi connectivity index (χ3v) is 3.87. The number of anilines is 1. The third-order valence-electron chi connectivity index (χ3n) is 2.82. The molecule has 4 nitrogen and oxygen atoms in total. The van der Waals surface area contributed by atoms with Gasteiger partial charge in [-0.2, -0.15) is 13.2 Å². The van der Waals surface area contributed by atoms with Crippen molar-refractivity contribution in [1.29, 1.82) is 0 Å². The first kappa shape index (κ1) is 13.7. The van der Waals surface area contributed by atoms with Crippen LogP contribution in [-0.2, 0) is 6.18 Å². The van der Waals surface area contributed by atoms with Crippen molar-refractivity contribution >= 4 is 23.1 Å². The molecule has 0 spiro atoms. The molecule has 0 unspecified atom stereocenters. The standard InChI is InChI=1S/C13H9F3N4S/c14-13(15,16)8-4-5-10(9(17)7-8)21-12-19-18-11-3-1-2-6-20(11)12/h1-7H,17H2. The molecule has 0 aliphatic rings. The number of benzene rings is 1. The van der Waals surface area contributed by atoms with E-state index < -0.39 is 11.7 Å². The zero-order valence-corrected chi connectivity index (χ0v) is 11.3. The first-order chi connectivity index (χ1) is 9.95. The highest BCUT2D eigenvalue weighted by Crippen LogP contribution is 2.36. The maximum absolute atomic E-state index is 12.6. The first-order valence-electron chi connectivity index (χ1n) is 5.89. The zero-order valence-electron chi connectivity index (χ0n) is 10.5. The molecule has 3 rings (SSSR count). The van der Waals surface area contributed by atoms with Gasteiger partial charge in [-0.1, -0.05) is 6.07 Å². The molecule has 0 radical (unpaired) electrons. The molecule has 2 aromatic heterocycles. The SMILES string of the molecule is Nc1cc(C(F)(F)F)ccc1Sc1nnc2ccccn12. The van der Waals surface area contributed by atoms with Crippen molar-refractivity contribution in [2.75, 3.05) is 5.73 Å². The van der Waals surface area contributed by atoms with E-state index in [4.69, 9.17) is 5.73 Å². The summed E-state index contributed by atoms with van der Waals surface area (Å²) in [5, 5.41) is 8.51. The fraction of sp³-hybridized carbons (Fsp3) is 0.0769. The number of hydrogen-bond donors (Lipinski definition) is 1. The van der Waals surface area contributed by atoms with Crippen molar-refractivity contribution in [3.8, 4) is 0 Å². The van der Waals surface area contributed by atoms with Gasteiger partial charge in [0, 0.05) is 16.8 Å². The van der Waals surface area contributed by atoms with Gasteiger partial charge < -0.3 is 5.73 Å². The van der Waals surface area contributed by atoms with E-state index in [2.05, 4.69) is 10.2 Å². The van der Waals surface area contributed by atoms with E-state index in [1.165, 1.54) is 17.8 Å². The second-order valence-corrected chi connectivity index (χ2v) is 5.27. The molecule has 0 aliphatic heterocycles. The minimum atomic E-state index is -4.40. The van der Waals surface area contributed by atoms with Crippen LogP contribution in [0.25, 0.3) is 5.65 Å². The van der Waals surface area contributed by atoms with Crippen LogP contribution in [0.1, 0.15) is 5.56 Å². The number of nitrogens with zero attached hydrogens (tertiary/aromatic N) is 3. The predicted molar refractivity (Wildman–Crippen MR) is 73.0 cm³/mol. The van der Waals surface area contributed by atoms with Crippen LogP contribution in [0.5, 0.6) is 0 Å². The molecule has 0 amide bonds. The molecular formula is C13H9F3N4S. The molecule has 0 saturated carbocycles. The van der Waals surface area contributed by atoms with Crippen LogP contribution < -0.4 is 5.73 Å². The van der Waals surface area contributed by atoms with Gasteiger partial charge >= 0.3 is 6.18 Å². The molecule has 1 aromatic carbocycles. The number of aromatic nitrogens is 3. The van der Waals surface area contributed by atoms with Crippen LogP contribution in [0.15, 0.2) is 52.6 Å². The van der Waals surface area contributed by atoms with Gasteiger partial charge in [-0.3, -0.25) is 4.40 Å². The van der Waals surface area contributed by atoms with Crippen molar-refractivity contribution in [3.63, 3.8) is 0 Å². The van der Waals surface area contributed by atoms with Gasteiger partial charge in [0.25, 0.3) is 0 Å². The first-order valence-corrected chi connectivity index (χ1v) is 6.71. The minimum Gasteiger partial charge on any atom is -0.398 e. The van der Waals surface area contributed by atoms with Crippen molar-refractivity contribution in [1.82, 2.24) is 14.6 Å². The fourth-order valence-corrected chi connectivity index (χ4v) is 2.65. The summed E-state index contributed by atoms with van der Waals surface area (Å²) in [5.74, 6) is 0. The van der Waals surface area contributed by atoms with E-state index in [-0.39, 0.29) is 5.69 Å². The van der Waals surface area contributed by atoms with Crippen LogP contribution in [0.4, 0.5) is 18.9 Å². The Labute approximate surface area is 121 Å². The summed E-state index contributed by atoms with van der Waals surface area (Å²) in [5.41, 5.74) is 5.65. The minimum absolute atomic E-state index is 0.0579. The summed E-state index contributed by atoms with van der Waals surface area (Å²) in [6.45, 7) is 0. The largest absolute Gasteiger partial charge is 0.416 e. The predicted octanol–water partition coefficient (Wildman–Crippen LogP) is 3.48. The average Bonchev–Trinajstić information content (AvgIpc) is 2.83. The Balaban J connectivity index is 1.95. The quantitative estimate of drug-likeness (QED) is 0.736. The smallest absolute Gasteiger partial charge is 0.398 e. The Morgan fingerprint density at radius 3 is 2.62 bits per heavy atom. The Morgan fingerprint density at radius 1 is 1.10 bits per heavy atom. The van der Waals surface area contributed by atoms with Gasteiger partial charge in [-0.15, -0.1) is 10.2 Å². The highest BCUT2D eigenvalue weighted by atomic mass is 32.2. The summed E-state index contributed by atoms with van der Waals surface area (Å²) >= 11 is 1.17. The molecule has 21 heavy (non-hydrogen) atoms. The Morgan fingerprint density at radius 2 is 1.90 bits per heavy atom. The highest BCUT2D eigenvalue weighted by Gasteiger charge is 2.30. The van der Waals surface area contributed by atoms with Crippen molar-refractivity contribution in [3.05, 3.63) is 48.2 Å². The van der Waals surface area contributed by atoms with Gasteiger partial charge in [-0.25, -0.2) is 0 Å². The zero-order chi connectivity index (χ0) is 15.0. The van der Waals surface area contributed by atoms with Gasteiger partial charge in [-0.05, 0) is 42.1 Å². The molecule has 8 heteroatoms. The van der Waals surface area contributed by atoms with Gasteiger partial charge in [0.15, 0.2) is 10.8 Å². The molecule has 108 valence electrons. The van der Waals surface area contributed by atoms with E-state index >= 15 is 0 Å². The summed E-state index contributed by atoms with van der Waals surface area (Å²) in [6, 6.07) is 8.69. The number of halogens is 3. The number of nitrogens with two attached hydrogens (primary N) is 1. The fourth-order valence-electron chi connectivity index (χ4n) is 1.81. The van der Waals surface area contributed by atoms with Crippen molar-refractivity contribution in [2.45, 2.75) is 16.2 Å². The maximum Gasteiger partial charge on any atom is 0.416 e. The summed E-state index contributed by atoms with van der Waals surface area (Å²) in [7, 11) is 0. The summed E-state index contributed by atoms with van der Waals surface area (Å²) in [4.78, 5) is 0.501. The number of pyridine rings is 1. The number of alkyl halides is 3. The molecule has 2 N–H and O–H groups in total. The van der Waals surface area contributed by atoms with Crippen molar-refractivity contribution in [2.24, 2.45) is 0 Å². The molecule has 2 heterocycles. The number of nitrogen functional groups attached to an aromatic ring is 1. The van der Waals surface area contributed by atoms with E-state index in [0.717, 1.165) is 12.1 Å². The number of rotatable bonds is 2. The molecular weight excluding hydrogens is 301 g/mol. The van der Waals surface area contributed by atoms with Crippen LogP contribution in [0.2, 0.25) is 0 Å². The molecule has 0 saturated heterocycles. The van der Waals surface area contributed by atoms with Gasteiger partial charge in [0.05, 0.1) is 5.56 Å². The molecule has 0 aliphatic carbocycles. The highest BCUT2D eigenvalue weighted by molar-refractivity contribution is 7.99. The lowest BCUT2D eigenvalue weighted by Crippen LogP contribution is -2.05. The lowest BCUT2D eigenvalue weighted by Gasteiger charge is -2.09. The van der Waals surface area contributed by atoms with Crippen LogP contribution in [0.3, 0.4) is 0 Å². The lowest BCUT2D eigenvalue weighted by molar-refractivity contribution is -0.137. The van der Waals surface area contributed by atoms with Crippen molar-refractivity contribution < 1.29 is 13.2 Å². The van der Waals surface area contributed by atoms with Crippen LogP contribution >= 0.6 is 11.8 Å². The van der Waals surface area contributed by atoms with E-state index in [9.17, 15) is 13.2 Å². The van der Waals surface area contributed by atoms with E-state index in [0.29, 0.717) is 15.7 Å². The molecule has 3 aromatic rings. The molecule has 0 bridgehead atoms. The lowest BCUT2D eigenvalue weighted by atomic mass is 10.2.